The Morgan fingerprint density at radius 1 is 0.957 bits per heavy atom. The number of hydrogen-bond donors (Lipinski definition) is 2. The third-order valence-electron chi connectivity index (χ3n) is 3.28. The third kappa shape index (κ3) is 4.47. The zero-order valence-corrected chi connectivity index (χ0v) is 13.9. The Morgan fingerprint density at radius 2 is 1.57 bits per heavy atom. The van der Waals surface area contributed by atoms with E-state index in [9.17, 15) is 9.59 Å². The molecule has 0 atom stereocenters. The smallest absolute Gasteiger partial charge is 0.314 e. The molecule has 2 aromatic rings. The highest BCUT2D eigenvalue weighted by Gasteiger charge is 2.15. The number of anilines is 3. The summed E-state index contributed by atoms with van der Waals surface area (Å²) in [4.78, 5) is 25.9. The molecule has 0 fully saturated rings. The number of aryl methyl sites for hydroxylation is 1. The van der Waals surface area contributed by atoms with Gasteiger partial charge in [0, 0.05) is 36.2 Å². The van der Waals surface area contributed by atoms with Crippen LogP contribution in [0.25, 0.3) is 0 Å². The number of halogens is 1. The minimum Gasteiger partial charge on any atom is -0.378 e. The van der Waals surface area contributed by atoms with Crippen LogP contribution in [0.2, 0.25) is 5.02 Å². The summed E-state index contributed by atoms with van der Waals surface area (Å²) in [5, 5.41) is 5.71. The Bertz CT molecular complexity index is 727. The summed E-state index contributed by atoms with van der Waals surface area (Å²) in [5.41, 5.74) is 2.90. The Morgan fingerprint density at radius 3 is 2.13 bits per heavy atom. The molecule has 0 saturated heterocycles. The average Bonchev–Trinajstić information content (AvgIpc) is 2.50. The Balaban J connectivity index is 2.01. The van der Waals surface area contributed by atoms with Crippen molar-refractivity contribution in [3.05, 3.63) is 53.1 Å². The van der Waals surface area contributed by atoms with E-state index in [1.165, 1.54) is 0 Å². The fourth-order valence-electron chi connectivity index (χ4n) is 1.98. The number of nitrogens with zero attached hydrogens (tertiary/aromatic N) is 1. The van der Waals surface area contributed by atoms with Gasteiger partial charge >= 0.3 is 11.8 Å². The molecule has 0 aromatic heterocycles. The van der Waals surface area contributed by atoms with Crippen molar-refractivity contribution in [3.8, 4) is 0 Å². The summed E-state index contributed by atoms with van der Waals surface area (Å²) < 4.78 is 0. The predicted molar refractivity (Wildman–Crippen MR) is 94.2 cm³/mol. The third-order valence-corrected chi connectivity index (χ3v) is 3.52. The number of hydrogen-bond acceptors (Lipinski definition) is 3. The minimum atomic E-state index is -0.730. The molecule has 2 amide bonds. The quantitative estimate of drug-likeness (QED) is 0.848. The van der Waals surface area contributed by atoms with E-state index in [-0.39, 0.29) is 0 Å². The van der Waals surface area contributed by atoms with Gasteiger partial charge in [0.2, 0.25) is 0 Å². The van der Waals surface area contributed by atoms with Gasteiger partial charge in [-0.2, -0.15) is 0 Å². The maximum absolute atomic E-state index is 12.0. The molecule has 5 nitrogen and oxygen atoms in total. The summed E-state index contributed by atoms with van der Waals surface area (Å²) in [7, 11) is 3.85. The highest BCUT2D eigenvalue weighted by molar-refractivity contribution is 6.43. The van der Waals surface area contributed by atoms with Crippen LogP contribution >= 0.6 is 11.6 Å². The number of rotatable bonds is 3. The highest BCUT2D eigenvalue weighted by Crippen LogP contribution is 2.20. The normalized spacial score (nSPS) is 10.1. The Hall–Kier alpha value is -2.53. The van der Waals surface area contributed by atoms with Gasteiger partial charge in [0.25, 0.3) is 0 Å². The van der Waals surface area contributed by atoms with E-state index in [0.717, 1.165) is 11.3 Å². The van der Waals surface area contributed by atoms with Crippen LogP contribution in [0.3, 0.4) is 0 Å². The van der Waals surface area contributed by atoms with Gasteiger partial charge in [0.1, 0.15) is 0 Å². The number of carbonyl (C=O) groups is 2. The molecular formula is C17H18ClN3O2. The van der Waals surface area contributed by atoms with Crippen molar-refractivity contribution in [2.24, 2.45) is 0 Å². The van der Waals surface area contributed by atoms with Gasteiger partial charge in [-0.25, -0.2) is 0 Å². The van der Waals surface area contributed by atoms with Crippen molar-refractivity contribution >= 4 is 40.5 Å². The lowest BCUT2D eigenvalue weighted by Crippen LogP contribution is -2.29. The van der Waals surface area contributed by atoms with Crippen LogP contribution in [0.15, 0.2) is 42.5 Å². The minimum absolute atomic E-state index is 0.553. The molecule has 0 saturated carbocycles. The molecule has 6 heteroatoms. The summed E-state index contributed by atoms with van der Waals surface area (Å²) in [5.74, 6) is -1.45. The monoisotopic (exact) mass is 331 g/mol. The van der Waals surface area contributed by atoms with Crippen LogP contribution in [0.5, 0.6) is 0 Å². The second kappa shape index (κ2) is 7.15. The van der Waals surface area contributed by atoms with E-state index in [1.54, 1.807) is 37.3 Å². The lowest BCUT2D eigenvalue weighted by atomic mass is 10.2. The van der Waals surface area contributed by atoms with Crippen LogP contribution < -0.4 is 15.5 Å². The molecule has 120 valence electrons. The molecule has 0 aliphatic heterocycles. The van der Waals surface area contributed by atoms with Gasteiger partial charge in [-0.05, 0) is 55.0 Å². The van der Waals surface area contributed by atoms with Gasteiger partial charge in [-0.3, -0.25) is 9.59 Å². The molecule has 0 unspecified atom stereocenters. The van der Waals surface area contributed by atoms with E-state index in [2.05, 4.69) is 10.6 Å². The first-order valence-electron chi connectivity index (χ1n) is 7.02. The Labute approximate surface area is 140 Å². The fourth-order valence-corrected chi connectivity index (χ4v) is 2.20. The number of carbonyl (C=O) groups excluding carboxylic acids is 2. The lowest BCUT2D eigenvalue weighted by molar-refractivity contribution is -0.133. The maximum Gasteiger partial charge on any atom is 0.314 e. The summed E-state index contributed by atoms with van der Waals surface area (Å²) in [6, 6.07) is 12.2. The lowest BCUT2D eigenvalue weighted by Gasteiger charge is -2.13. The fraction of sp³-hybridized carbons (Fsp3) is 0.176. The first-order chi connectivity index (χ1) is 10.9. The molecule has 0 spiro atoms. The molecule has 2 N–H and O–H groups in total. The van der Waals surface area contributed by atoms with Gasteiger partial charge in [0.15, 0.2) is 0 Å². The zero-order valence-electron chi connectivity index (χ0n) is 13.2. The predicted octanol–water partition coefficient (Wildman–Crippen LogP) is 3.29. The Kier molecular flexibility index (Phi) is 5.24. The molecule has 0 aliphatic carbocycles. The van der Waals surface area contributed by atoms with Gasteiger partial charge < -0.3 is 15.5 Å². The van der Waals surface area contributed by atoms with Crippen LogP contribution in [-0.4, -0.2) is 25.9 Å². The second-order valence-electron chi connectivity index (χ2n) is 5.31. The van der Waals surface area contributed by atoms with E-state index >= 15 is 0 Å². The van der Waals surface area contributed by atoms with Crippen LogP contribution in [0.1, 0.15) is 5.56 Å². The molecule has 2 rings (SSSR count). The highest BCUT2D eigenvalue weighted by atomic mass is 35.5. The molecule has 0 aliphatic rings. The van der Waals surface area contributed by atoms with Crippen LogP contribution in [0.4, 0.5) is 17.1 Å². The van der Waals surface area contributed by atoms with E-state index < -0.39 is 11.8 Å². The molecule has 0 heterocycles. The molecule has 2 aromatic carbocycles. The molecular weight excluding hydrogens is 314 g/mol. The number of amides is 2. The van der Waals surface area contributed by atoms with Crippen molar-refractivity contribution in [2.75, 3.05) is 29.6 Å². The number of nitrogens with one attached hydrogen (secondary N) is 2. The first-order valence-corrected chi connectivity index (χ1v) is 7.40. The van der Waals surface area contributed by atoms with Crippen LogP contribution in [-0.2, 0) is 9.59 Å². The van der Waals surface area contributed by atoms with Crippen molar-refractivity contribution in [1.82, 2.24) is 0 Å². The van der Waals surface area contributed by atoms with E-state index in [4.69, 9.17) is 11.6 Å². The van der Waals surface area contributed by atoms with Crippen molar-refractivity contribution < 1.29 is 9.59 Å². The number of benzene rings is 2. The molecule has 0 radical (unpaired) electrons. The van der Waals surface area contributed by atoms with Crippen molar-refractivity contribution in [1.29, 1.82) is 0 Å². The van der Waals surface area contributed by atoms with Gasteiger partial charge in [-0.15, -0.1) is 0 Å². The van der Waals surface area contributed by atoms with E-state index in [0.29, 0.717) is 16.4 Å². The van der Waals surface area contributed by atoms with Gasteiger partial charge in [0.05, 0.1) is 0 Å². The SMILES string of the molecule is Cc1cc(Cl)ccc1NC(=O)C(=O)Nc1ccc(N(C)C)cc1. The molecule has 23 heavy (non-hydrogen) atoms. The summed E-state index contributed by atoms with van der Waals surface area (Å²) in [6.45, 7) is 1.80. The summed E-state index contributed by atoms with van der Waals surface area (Å²) >= 11 is 5.86. The topological polar surface area (TPSA) is 61.4 Å². The van der Waals surface area contributed by atoms with Crippen LogP contribution in [0, 0.1) is 6.92 Å². The average molecular weight is 332 g/mol. The molecule has 0 bridgehead atoms. The summed E-state index contributed by atoms with van der Waals surface area (Å²) in [6.07, 6.45) is 0. The second-order valence-corrected chi connectivity index (χ2v) is 5.75. The van der Waals surface area contributed by atoms with Crippen molar-refractivity contribution in [2.45, 2.75) is 6.92 Å². The van der Waals surface area contributed by atoms with Gasteiger partial charge in [-0.1, -0.05) is 11.6 Å². The maximum atomic E-state index is 12.0. The zero-order chi connectivity index (χ0) is 17.0. The largest absolute Gasteiger partial charge is 0.378 e. The first kappa shape index (κ1) is 16.8. The van der Waals surface area contributed by atoms with Crippen molar-refractivity contribution in [3.63, 3.8) is 0 Å². The van der Waals surface area contributed by atoms with E-state index in [1.807, 2.05) is 31.1 Å². The standard InChI is InChI=1S/C17H18ClN3O2/c1-11-10-12(18)4-9-15(11)20-17(23)16(22)19-13-5-7-14(8-6-13)21(2)3/h4-10H,1-3H3,(H,19,22)(H,20,23).